The van der Waals surface area contributed by atoms with Crippen LogP contribution in [0.4, 0.5) is 19.0 Å². The summed E-state index contributed by atoms with van der Waals surface area (Å²) >= 11 is 10.6. The van der Waals surface area contributed by atoms with Crippen LogP contribution in [0.5, 0.6) is 0 Å². The van der Waals surface area contributed by atoms with E-state index >= 15 is 0 Å². The lowest BCUT2D eigenvalue weighted by molar-refractivity contribution is -0.137. The lowest BCUT2D eigenvalue weighted by Gasteiger charge is -2.09. The molecule has 1 aromatic heterocycles. The number of anilines is 1. The van der Waals surface area contributed by atoms with E-state index in [1.165, 1.54) is 0 Å². The van der Waals surface area contributed by atoms with E-state index in [4.69, 9.17) is 28.9 Å². The van der Waals surface area contributed by atoms with Crippen molar-refractivity contribution in [3.8, 4) is 0 Å². The summed E-state index contributed by atoms with van der Waals surface area (Å²) in [5.41, 5.74) is 3.99. The first kappa shape index (κ1) is 10.4. The van der Waals surface area contributed by atoms with Gasteiger partial charge in [0.25, 0.3) is 0 Å². The van der Waals surface area contributed by atoms with Crippen LogP contribution in [0.3, 0.4) is 0 Å². The molecule has 0 aromatic carbocycles. The molecule has 0 aliphatic heterocycles. The first-order chi connectivity index (χ1) is 5.82. The van der Waals surface area contributed by atoms with E-state index in [1.807, 2.05) is 0 Å². The Hall–Kier alpha value is -0.680. The standard InChI is InChI=1S/C6H3Cl2F3N2/c7-4-2(6(9,10)11)1-3(12)13-5(4)8/h1H,(H2,12,13). The van der Waals surface area contributed by atoms with Crippen molar-refractivity contribution in [2.45, 2.75) is 6.18 Å². The van der Waals surface area contributed by atoms with Crippen LogP contribution in [-0.4, -0.2) is 4.98 Å². The third-order valence-electron chi connectivity index (χ3n) is 1.24. The zero-order valence-corrected chi connectivity index (χ0v) is 7.50. The molecule has 2 nitrogen and oxygen atoms in total. The first-order valence-corrected chi connectivity index (χ1v) is 3.76. The highest BCUT2D eigenvalue weighted by molar-refractivity contribution is 6.41. The zero-order chi connectivity index (χ0) is 10.2. The number of nitrogen functional groups attached to an aromatic ring is 1. The van der Waals surface area contributed by atoms with Crippen molar-refractivity contribution < 1.29 is 13.2 Å². The van der Waals surface area contributed by atoms with Crippen LogP contribution in [0.15, 0.2) is 6.07 Å². The molecule has 0 unspecified atom stereocenters. The number of pyridine rings is 1. The van der Waals surface area contributed by atoms with Crippen LogP contribution in [0, 0.1) is 0 Å². The van der Waals surface area contributed by atoms with Gasteiger partial charge in [0, 0.05) is 0 Å². The molecule has 1 heterocycles. The molecule has 0 radical (unpaired) electrons. The summed E-state index contributed by atoms with van der Waals surface area (Å²) in [5.74, 6) is -0.318. The van der Waals surface area contributed by atoms with Gasteiger partial charge in [-0.15, -0.1) is 0 Å². The van der Waals surface area contributed by atoms with Crippen molar-refractivity contribution in [1.82, 2.24) is 4.98 Å². The fourth-order valence-electron chi connectivity index (χ4n) is 0.723. The molecule has 13 heavy (non-hydrogen) atoms. The van der Waals surface area contributed by atoms with Crippen molar-refractivity contribution in [3.05, 3.63) is 21.8 Å². The number of alkyl halides is 3. The maximum absolute atomic E-state index is 12.2. The van der Waals surface area contributed by atoms with Gasteiger partial charge < -0.3 is 5.73 Å². The second kappa shape index (κ2) is 3.23. The fourth-order valence-corrected chi connectivity index (χ4v) is 1.13. The van der Waals surface area contributed by atoms with Crippen LogP contribution in [0.25, 0.3) is 0 Å². The van der Waals surface area contributed by atoms with Crippen molar-refractivity contribution >= 4 is 29.0 Å². The molecule has 0 fully saturated rings. The molecule has 1 rings (SSSR count). The Morgan fingerprint density at radius 3 is 2.31 bits per heavy atom. The van der Waals surface area contributed by atoms with Gasteiger partial charge in [-0.25, -0.2) is 4.98 Å². The van der Waals surface area contributed by atoms with Gasteiger partial charge in [-0.2, -0.15) is 13.2 Å². The van der Waals surface area contributed by atoms with E-state index in [9.17, 15) is 13.2 Å². The van der Waals surface area contributed by atoms with Gasteiger partial charge in [-0.3, -0.25) is 0 Å². The van der Waals surface area contributed by atoms with Gasteiger partial charge in [-0.05, 0) is 6.07 Å². The molecule has 0 spiro atoms. The summed E-state index contributed by atoms with van der Waals surface area (Å²) in [6, 6.07) is 0.633. The average molecular weight is 231 g/mol. The normalized spacial score (nSPS) is 11.8. The summed E-state index contributed by atoms with van der Waals surface area (Å²) < 4.78 is 36.5. The molecule has 2 N–H and O–H groups in total. The van der Waals surface area contributed by atoms with E-state index < -0.39 is 21.9 Å². The molecule has 0 amide bonds. The van der Waals surface area contributed by atoms with E-state index in [0.29, 0.717) is 6.07 Å². The lowest BCUT2D eigenvalue weighted by atomic mass is 10.2. The second-order valence-electron chi connectivity index (χ2n) is 2.20. The van der Waals surface area contributed by atoms with Gasteiger partial charge in [0.05, 0.1) is 10.6 Å². The number of hydrogen-bond acceptors (Lipinski definition) is 2. The monoisotopic (exact) mass is 230 g/mol. The molecule has 0 atom stereocenters. The molecule has 0 bridgehead atoms. The third kappa shape index (κ3) is 2.16. The highest BCUT2D eigenvalue weighted by atomic mass is 35.5. The SMILES string of the molecule is Nc1cc(C(F)(F)F)c(Cl)c(Cl)n1. The maximum atomic E-state index is 12.2. The summed E-state index contributed by atoms with van der Waals surface area (Å²) in [6.07, 6.45) is -4.57. The van der Waals surface area contributed by atoms with Crippen molar-refractivity contribution in [1.29, 1.82) is 0 Å². The molecule has 0 aliphatic rings. The Balaban J connectivity index is 3.37. The van der Waals surface area contributed by atoms with Crippen molar-refractivity contribution in [2.24, 2.45) is 0 Å². The molecule has 0 aliphatic carbocycles. The Morgan fingerprint density at radius 2 is 1.85 bits per heavy atom. The van der Waals surface area contributed by atoms with Crippen LogP contribution < -0.4 is 5.73 Å². The predicted molar refractivity (Wildman–Crippen MR) is 43.7 cm³/mol. The predicted octanol–water partition coefficient (Wildman–Crippen LogP) is 2.99. The highest BCUT2D eigenvalue weighted by Crippen LogP contribution is 2.38. The molecule has 0 saturated carbocycles. The van der Waals surface area contributed by atoms with Crippen LogP contribution in [0.1, 0.15) is 5.56 Å². The average Bonchev–Trinajstić information content (AvgIpc) is 1.94. The topological polar surface area (TPSA) is 38.9 Å². The second-order valence-corrected chi connectivity index (χ2v) is 2.93. The summed E-state index contributed by atoms with van der Waals surface area (Å²) in [5, 5.41) is -1.09. The minimum Gasteiger partial charge on any atom is -0.384 e. The van der Waals surface area contributed by atoms with Crippen LogP contribution in [-0.2, 0) is 6.18 Å². The molecule has 7 heteroatoms. The smallest absolute Gasteiger partial charge is 0.384 e. The van der Waals surface area contributed by atoms with E-state index in [2.05, 4.69) is 4.98 Å². The van der Waals surface area contributed by atoms with Gasteiger partial charge in [0.2, 0.25) is 0 Å². The van der Waals surface area contributed by atoms with E-state index in [1.54, 1.807) is 0 Å². The number of hydrogen-bond donors (Lipinski definition) is 1. The zero-order valence-electron chi connectivity index (χ0n) is 5.99. The molecule has 0 saturated heterocycles. The van der Waals surface area contributed by atoms with Gasteiger partial charge in [-0.1, -0.05) is 23.2 Å². The molecular formula is C6H3Cl2F3N2. The third-order valence-corrected chi connectivity index (χ3v) is 2.00. The van der Waals surface area contributed by atoms with Gasteiger partial charge in [0.1, 0.15) is 5.82 Å². The van der Waals surface area contributed by atoms with E-state index in [-0.39, 0.29) is 5.82 Å². The van der Waals surface area contributed by atoms with E-state index in [0.717, 1.165) is 0 Å². The van der Waals surface area contributed by atoms with Gasteiger partial charge in [0.15, 0.2) is 5.15 Å². The van der Waals surface area contributed by atoms with Crippen LogP contribution in [0.2, 0.25) is 10.2 Å². The van der Waals surface area contributed by atoms with Crippen molar-refractivity contribution in [2.75, 3.05) is 5.73 Å². The number of nitrogens with two attached hydrogens (primary N) is 1. The summed E-state index contributed by atoms with van der Waals surface area (Å²) in [7, 11) is 0. The molecule has 1 aromatic rings. The summed E-state index contributed by atoms with van der Waals surface area (Å²) in [6.45, 7) is 0. The first-order valence-electron chi connectivity index (χ1n) is 3.01. The lowest BCUT2D eigenvalue weighted by Crippen LogP contribution is -2.08. The quantitative estimate of drug-likeness (QED) is 0.697. The Kier molecular flexibility index (Phi) is 2.58. The number of nitrogens with zero attached hydrogens (tertiary/aromatic N) is 1. The largest absolute Gasteiger partial charge is 0.418 e. The van der Waals surface area contributed by atoms with Gasteiger partial charge >= 0.3 is 6.18 Å². The fraction of sp³-hybridized carbons (Fsp3) is 0.167. The Morgan fingerprint density at radius 1 is 1.31 bits per heavy atom. The van der Waals surface area contributed by atoms with Crippen LogP contribution >= 0.6 is 23.2 Å². The molecular weight excluding hydrogens is 228 g/mol. The summed E-state index contributed by atoms with van der Waals surface area (Å²) in [4.78, 5) is 3.36. The number of aromatic nitrogens is 1. The number of halogens is 5. The Bertz CT molecular complexity index is 337. The Labute approximate surface area is 81.5 Å². The minimum atomic E-state index is -4.57. The molecule has 72 valence electrons. The minimum absolute atomic E-state index is 0.318. The maximum Gasteiger partial charge on any atom is 0.418 e. The highest BCUT2D eigenvalue weighted by Gasteiger charge is 2.34. The van der Waals surface area contributed by atoms with Crippen molar-refractivity contribution in [3.63, 3.8) is 0 Å². The number of rotatable bonds is 0.